The van der Waals surface area contributed by atoms with Crippen LogP contribution in [0.2, 0.25) is 0 Å². The fourth-order valence-electron chi connectivity index (χ4n) is 3.13. The summed E-state index contributed by atoms with van der Waals surface area (Å²) in [6, 6.07) is 10.9. The zero-order valence-corrected chi connectivity index (χ0v) is 20.2. The van der Waals surface area contributed by atoms with Gasteiger partial charge in [-0.25, -0.2) is 4.79 Å². The third-order valence-corrected chi connectivity index (χ3v) is 6.43. The number of esters is 1. The van der Waals surface area contributed by atoms with E-state index in [0.717, 1.165) is 11.8 Å². The van der Waals surface area contributed by atoms with Crippen molar-refractivity contribution in [3.63, 3.8) is 0 Å². The van der Waals surface area contributed by atoms with E-state index < -0.39 is 5.97 Å². The van der Waals surface area contributed by atoms with Crippen LogP contribution in [-0.4, -0.2) is 51.6 Å². The van der Waals surface area contributed by atoms with E-state index in [4.69, 9.17) is 13.9 Å². The number of anilines is 1. The lowest BCUT2D eigenvalue weighted by atomic mass is 10.1. The molecule has 4 rings (SSSR count). The van der Waals surface area contributed by atoms with Crippen LogP contribution in [-0.2, 0) is 9.53 Å². The lowest BCUT2D eigenvalue weighted by molar-refractivity contribution is -0.113. The predicted molar refractivity (Wildman–Crippen MR) is 128 cm³/mol. The molecule has 10 nitrogen and oxygen atoms in total. The van der Waals surface area contributed by atoms with Crippen molar-refractivity contribution < 1.29 is 23.5 Å². The first-order chi connectivity index (χ1) is 16.5. The SMILES string of the molecule is CCOC(=O)c1c(-c2ccc(C)o2)csc1NC(=O)CSc1nnnn1-c1ccccc1OC. The molecule has 0 atom stereocenters. The van der Waals surface area contributed by atoms with Gasteiger partial charge in [0.25, 0.3) is 0 Å². The van der Waals surface area contributed by atoms with Gasteiger partial charge >= 0.3 is 5.97 Å². The van der Waals surface area contributed by atoms with Crippen molar-refractivity contribution in [1.29, 1.82) is 0 Å². The average Bonchev–Trinajstić information content (AvgIpc) is 3.57. The Morgan fingerprint density at radius 1 is 1.24 bits per heavy atom. The molecule has 176 valence electrons. The van der Waals surface area contributed by atoms with Crippen LogP contribution in [0.25, 0.3) is 17.0 Å². The van der Waals surface area contributed by atoms with Crippen molar-refractivity contribution in [2.45, 2.75) is 19.0 Å². The van der Waals surface area contributed by atoms with Gasteiger partial charge in [-0.15, -0.1) is 16.4 Å². The number of tetrazole rings is 1. The van der Waals surface area contributed by atoms with Crippen LogP contribution in [0.3, 0.4) is 0 Å². The van der Waals surface area contributed by atoms with Crippen molar-refractivity contribution >= 4 is 40.0 Å². The number of methoxy groups -OCH3 is 1. The first kappa shape index (κ1) is 23.5. The highest BCUT2D eigenvalue weighted by Gasteiger charge is 2.24. The van der Waals surface area contributed by atoms with E-state index >= 15 is 0 Å². The van der Waals surface area contributed by atoms with Crippen LogP contribution in [0.5, 0.6) is 5.75 Å². The summed E-state index contributed by atoms with van der Waals surface area (Å²) in [5.41, 5.74) is 1.48. The van der Waals surface area contributed by atoms with E-state index in [1.165, 1.54) is 16.0 Å². The van der Waals surface area contributed by atoms with E-state index in [1.54, 1.807) is 31.5 Å². The van der Waals surface area contributed by atoms with Crippen molar-refractivity contribution in [2.75, 3.05) is 24.8 Å². The Labute approximate surface area is 203 Å². The number of nitrogens with one attached hydrogen (secondary N) is 1. The normalized spacial score (nSPS) is 10.8. The van der Waals surface area contributed by atoms with Crippen LogP contribution >= 0.6 is 23.1 Å². The molecule has 34 heavy (non-hydrogen) atoms. The largest absolute Gasteiger partial charge is 0.494 e. The van der Waals surface area contributed by atoms with Crippen LogP contribution in [0, 0.1) is 6.92 Å². The molecule has 1 N–H and O–H groups in total. The molecule has 12 heteroatoms. The first-order valence-electron chi connectivity index (χ1n) is 10.2. The summed E-state index contributed by atoms with van der Waals surface area (Å²) in [5.74, 6) is 1.00. The lowest BCUT2D eigenvalue weighted by Gasteiger charge is -2.09. The van der Waals surface area contributed by atoms with Crippen molar-refractivity contribution in [3.8, 4) is 22.8 Å². The van der Waals surface area contributed by atoms with Gasteiger partial charge in [0.2, 0.25) is 11.1 Å². The summed E-state index contributed by atoms with van der Waals surface area (Å²) >= 11 is 2.38. The minimum absolute atomic E-state index is 0.0187. The Kier molecular flexibility index (Phi) is 7.28. The van der Waals surface area contributed by atoms with E-state index in [1.807, 2.05) is 31.2 Å². The first-order valence-corrected chi connectivity index (χ1v) is 12.1. The Hall–Kier alpha value is -3.64. The van der Waals surface area contributed by atoms with E-state index in [0.29, 0.717) is 38.7 Å². The molecule has 0 unspecified atom stereocenters. The molecule has 1 amide bonds. The van der Waals surface area contributed by atoms with Gasteiger partial charge in [0, 0.05) is 10.9 Å². The quantitative estimate of drug-likeness (QED) is 0.267. The average molecular weight is 500 g/mol. The van der Waals surface area contributed by atoms with Crippen molar-refractivity contribution in [3.05, 3.63) is 53.1 Å². The maximum absolute atomic E-state index is 12.8. The Bertz CT molecular complexity index is 1310. The second-order valence-corrected chi connectivity index (χ2v) is 8.69. The molecule has 0 saturated heterocycles. The molecule has 0 radical (unpaired) electrons. The number of para-hydroxylation sites is 2. The molecular weight excluding hydrogens is 478 g/mol. The second kappa shape index (κ2) is 10.5. The Balaban J connectivity index is 1.51. The lowest BCUT2D eigenvalue weighted by Crippen LogP contribution is -2.16. The summed E-state index contributed by atoms with van der Waals surface area (Å²) < 4.78 is 17.8. The van der Waals surface area contributed by atoms with Crippen LogP contribution in [0.1, 0.15) is 23.0 Å². The minimum atomic E-state index is -0.532. The predicted octanol–water partition coefficient (Wildman–Crippen LogP) is 4.21. The Morgan fingerprint density at radius 2 is 2.06 bits per heavy atom. The number of amides is 1. The fourth-order valence-corrected chi connectivity index (χ4v) is 4.77. The number of ether oxygens (including phenoxy) is 2. The van der Waals surface area contributed by atoms with E-state index in [2.05, 4.69) is 20.8 Å². The molecule has 4 aromatic rings. The number of thiophene rings is 1. The smallest absolute Gasteiger partial charge is 0.341 e. The van der Waals surface area contributed by atoms with E-state index in [9.17, 15) is 9.59 Å². The molecule has 3 heterocycles. The number of nitrogens with zero attached hydrogens (tertiary/aromatic N) is 4. The van der Waals surface area contributed by atoms with Gasteiger partial charge in [0.1, 0.15) is 33.5 Å². The van der Waals surface area contributed by atoms with Gasteiger partial charge in [-0.05, 0) is 48.5 Å². The van der Waals surface area contributed by atoms with Crippen LogP contribution < -0.4 is 10.1 Å². The van der Waals surface area contributed by atoms with Gasteiger partial charge in [-0.1, -0.05) is 23.9 Å². The van der Waals surface area contributed by atoms with Gasteiger partial charge in [-0.3, -0.25) is 4.79 Å². The zero-order chi connectivity index (χ0) is 24.1. The Morgan fingerprint density at radius 3 is 2.79 bits per heavy atom. The zero-order valence-electron chi connectivity index (χ0n) is 18.6. The summed E-state index contributed by atoms with van der Waals surface area (Å²) in [4.78, 5) is 25.4. The number of rotatable bonds is 9. The third kappa shape index (κ3) is 4.97. The van der Waals surface area contributed by atoms with Crippen molar-refractivity contribution in [2.24, 2.45) is 0 Å². The third-order valence-electron chi connectivity index (χ3n) is 4.62. The molecule has 1 aromatic carbocycles. The van der Waals surface area contributed by atoms with Crippen molar-refractivity contribution in [1.82, 2.24) is 20.2 Å². The highest BCUT2D eigenvalue weighted by Crippen LogP contribution is 2.37. The second-order valence-electron chi connectivity index (χ2n) is 6.87. The van der Waals surface area contributed by atoms with Gasteiger partial charge in [0.05, 0.1) is 19.5 Å². The van der Waals surface area contributed by atoms with Crippen LogP contribution in [0.4, 0.5) is 5.00 Å². The van der Waals surface area contributed by atoms with Gasteiger partial charge < -0.3 is 19.2 Å². The van der Waals surface area contributed by atoms with Gasteiger partial charge in [-0.2, -0.15) is 4.68 Å². The summed E-state index contributed by atoms with van der Waals surface area (Å²) in [6.07, 6.45) is 0. The maximum atomic E-state index is 12.8. The summed E-state index contributed by atoms with van der Waals surface area (Å²) in [6.45, 7) is 3.75. The highest BCUT2D eigenvalue weighted by atomic mass is 32.2. The molecule has 0 bridgehead atoms. The number of thioether (sulfide) groups is 1. The summed E-state index contributed by atoms with van der Waals surface area (Å²) in [5, 5.41) is 17.1. The molecule has 0 aliphatic rings. The minimum Gasteiger partial charge on any atom is -0.494 e. The molecule has 0 saturated carbocycles. The number of carbonyl (C=O) groups is 2. The van der Waals surface area contributed by atoms with E-state index in [-0.39, 0.29) is 23.8 Å². The van der Waals surface area contributed by atoms with Crippen LogP contribution in [0.15, 0.2) is 51.4 Å². The number of hydrogen-bond acceptors (Lipinski definition) is 10. The topological polar surface area (TPSA) is 121 Å². The molecular formula is C22H21N5O5S2. The maximum Gasteiger partial charge on any atom is 0.341 e. The molecule has 3 aromatic heterocycles. The standard InChI is InChI=1S/C22H21N5O5S2/c1-4-31-21(29)19-14(16-10-9-13(2)32-16)11-33-20(19)23-18(28)12-34-22-24-25-26-27(22)15-7-5-6-8-17(15)30-3/h5-11H,4,12H2,1-3H3,(H,23,28). The molecule has 0 aliphatic heterocycles. The number of furan rings is 1. The number of benzene rings is 1. The molecule has 0 spiro atoms. The highest BCUT2D eigenvalue weighted by molar-refractivity contribution is 7.99. The van der Waals surface area contributed by atoms with Gasteiger partial charge in [0.15, 0.2) is 0 Å². The number of aryl methyl sites for hydroxylation is 1. The number of carbonyl (C=O) groups excluding carboxylic acids is 2. The number of aromatic nitrogens is 4. The summed E-state index contributed by atoms with van der Waals surface area (Å²) in [7, 11) is 1.56. The fraction of sp³-hybridized carbons (Fsp3) is 0.227. The number of hydrogen-bond donors (Lipinski definition) is 1. The molecule has 0 aliphatic carbocycles. The monoisotopic (exact) mass is 499 g/mol. The molecule has 0 fully saturated rings.